The van der Waals surface area contributed by atoms with E-state index in [4.69, 9.17) is 5.73 Å². The number of rotatable bonds is 3. The summed E-state index contributed by atoms with van der Waals surface area (Å²) >= 11 is 0. The van der Waals surface area contributed by atoms with Crippen LogP contribution in [0.1, 0.15) is 33.1 Å². The standard InChI is InChI=1S/C10H21N3O/c1-8(2)13(10(11)14)7-9-5-3-4-6-12-9/h8-9,12H,3-7H2,1-2H3,(H2,11,14). The summed E-state index contributed by atoms with van der Waals surface area (Å²) in [5, 5.41) is 3.41. The molecule has 0 spiro atoms. The molecule has 1 saturated heterocycles. The number of piperidine rings is 1. The first-order chi connectivity index (χ1) is 6.61. The van der Waals surface area contributed by atoms with Gasteiger partial charge in [0.1, 0.15) is 0 Å². The van der Waals surface area contributed by atoms with Gasteiger partial charge < -0.3 is 16.0 Å². The van der Waals surface area contributed by atoms with E-state index in [1.54, 1.807) is 4.90 Å². The molecule has 4 nitrogen and oxygen atoms in total. The monoisotopic (exact) mass is 199 g/mol. The summed E-state index contributed by atoms with van der Waals surface area (Å²) in [6.07, 6.45) is 3.65. The molecule has 1 aliphatic heterocycles. The Morgan fingerprint density at radius 2 is 2.29 bits per heavy atom. The average molecular weight is 199 g/mol. The fraction of sp³-hybridized carbons (Fsp3) is 0.900. The van der Waals surface area contributed by atoms with Gasteiger partial charge in [0.2, 0.25) is 0 Å². The second-order valence-electron chi connectivity index (χ2n) is 4.23. The van der Waals surface area contributed by atoms with Crippen LogP contribution in [0.2, 0.25) is 0 Å². The number of hydrogen-bond donors (Lipinski definition) is 2. The summed E-state index contributed by atoms with van der Waals surface area (Å²) in [6, 6.07) is 0.308. The lowest BCUT2D eigenvalue weighted by molar-refractivity contribution is 0.179. The molecule has 0 radical (unpaired) electrons. The van der Waals surface area contributed by atoms with E-state index in [1.807, 2.05) is 13.8 Å². The molecule has 1 unspecified atom stereocenters. The van der Waals surface area contributed by atoms with Crippen molar-refractivity contribution >= 4 is 6.03 Å². The third-order valence-electron chi connectivity index (χ3n) is 2.74. The maximum atomic E-state index is 11.1. The molecule has 2 amide bonds. The number of primary amides is 1. The summed E-state index contributed by atoms with van der Waals surface area (Å²) in [7, 11) is 0. The lowest BCUT2D eigenvalue weighted by atomic mass is 10.0. The van der Waals surface area contributed by atoms with Crippen LogP contribution in [0.4, 0.5) is 4.79 Å². The third-order valence-corrected chi connectivity index (χ3v) is 2.74. The van der Waals surface area contributed by atoms with Gasteiger partial charge in [-0.05, 0) is 33.2 Å². The van der Waals surface area contributed by atoms with Gasteiger partial charge >= 0.3 is 6.03 Å². The van der Waals surface area contributed by atoms with Crippen molar-refractivity contribution in [1.82, 2.24) is 10.2 Å². The van der Waals surface area contributed by atoms with Gasteiger partial charge in [-0.3, -0.25) is 0 Å². The van der Waals surface area contributed by atoms with Gasteiger partial charge in [-0.25, -0.2) is 4.79 Å². The first-order valence-corrected chi connectivity index (χ1v) is 5.40. The Kier molecular flexibility index (Phi) is 4.20. The van der Waals surface area contributed by atoms with Gasteiger partial charge in [0.25, 0.3) is 0 Å². The van der Waals surface area contributed by atoms with Crippen LogP contribution < -0.4 is 11.1 Å². The quantitative estimate of drug-likeness (QED) is 0.710. The second kappa shape index (κ2) is 5.20. The maximum absolute atomic E-state index is 11.1. The topological polar surface area (TPSA) is 58.4 Å². The highest BCUT2D eigenvalue weighted by atomic mass is 16.2. The SMILES string of the molecule is CC(C)N(CC1CCCCN1)C(N)=O. The highest BCUT2D eigenvalue weighted by Gasteiger charge is 2.20. The molecular weight excluding hydrogens is 178 g/mol. The molecule has 1 aliphatic rings. The molecule has 1 heterocycles. The molecule has 14 heavy (non-hydrogen) atoms. The van der Waals surface area contributed by atoms with Gasteiger partial charge in [0.15, 0.2) is 0 Å². The first kappa shape index (κ1) is 11.3. The van der Waals surface area contributed by atoms with Crippen LogP contribution in [0, 0.1) is 0 Å². The van der Waals surface area contributed by atoms with E-state index in [-0.39, 0.29) is 12.1 Å². The van der Waals surface area contributed by atoms with E-state index in [2.05, 4.69) is 5.32 Å². The lowest BCUT2D eigenvalue weighted by Crippen LogP contribution is -2.50. The molecule has 1 rings (SSSR count). The number of nitrogens with two attached hydrogens (primary N) is 1. The van der Waals surface area contributed by atoms with Crippen molar-refractivity contribution in [1.29, 1.82) is 0 Å². The van der Waals surface area contributed by atoms with E-state index >= 15 is 0 Å². The summed E-state index contributed by atoms with van der Waals surface area (Å²) in [6.45, 7) is 5.80. The predicted molar refractivity (Wildman–Crippen MR) is 57.1 cm³/mol. The smallest absolute Gasteiger partial charge is 0.315 e. The summed E-state index contributed by atoms with van der Waals surface area (Å²) in [5.41, 5.74) is 5.31. The average Bonchev–Trinajstić information content (AvgIpc) is 2.15. The number of urea groups is 1. The molecule has 3 N–H and O–H groups in total. The molecule has 82 valence electrons. The van der Waals surface area contributed by atoms with Crippen LogP contribution in [0.25, 0.3) is 0 Å². The second-order valence-corrected chi connectivity index (χ2v) is 4.23. The summed E-state index contributed by atoms with van der Waals surface area (Å²) in [4.78, 5) is 12.9. The van der Waals surface area contributed by atoms with E-state index in [1.165, 1.54) is 12.8 Å². The maximum Gasteiger partial charge on any atom is 0.315 e. The zero-order valence-electron chi connectivity index (χ0n) is 9.12. The van der Waals surface area contributed by atoms with Gasteiger partial charge in [0.05, 0.1) is 0 Å². The van der Waals surface area contributed by atoms with Crippen LogP contribution >= 0.6 is 0 Å². The van der Waals surface area contributed by atoms with Gasteiger partial charge in [-0.2, -0.15) is 0 Å². The Morgan fingerprint density at radius 1 is 1.57 bits per heavy atom. The highest BCUT2D eigenvalue weighted by molar-refractivity contribution is 5.72. The van der Waals surface area contributed by atoms with Crippen LogP contribution in [0.15, 0.2) is 0 Å². The molecule has 0 bridgehead atoms. The third kappa shape index (κ3) is 3.18. The van der Waals surface area contributed by atoms with Crippen molar-refractivity contribution in [2.75, 3.05) is 13.1 Å². The first-order valence-electron chi connectivity index (χ1n) is 5.40. The van der Waals surface area contributed by atoms with Gasteiger partial charge in [0, 0.05) is 18.6 Å². The fourth-order valence-corrected chi connectivity index (χ4v) is 1.87. The molecule has 0 aromatic heterocycles. The van der Waals surface area contributed by atoms with Crippen LogP contribution in [-0.2, 0) is 0 Å². The number of nitrogens with one attached hydrogen (secondary N) is 1. The number of hydrogen-bond acceptors (Lipinski definition) is 2. The zero-order valence-corrected chi connectivity index (χ0v) is 9.12. The zero-order chi connectivity index (χ0) is 10.6. The molecule has 1 fully saturated rings. The number of carbonyl (C=O) groups excluding carboxylic acids is 1. The van der Waals surface area contributed by atoms with Gasteiger partial charge in [-0.1, -0.05) is 6.42 Å². The Hall–Kier alpha value is -0.770. The van der Waals surface area contributed by atoms with Crippen molar-refractivity contribution in [3.05, 3.63) is 0 Å². The molecule has 1 atom stereocenters. The lowest BCUT2D eigenvalue weighted by Gasteiger charge is -2.31. The van der Waals surface area contributed by atoms with Crippen molar-refractivity contribution in [2.45, 2.75) is 45.2 Å². The number of carbonyl (C=O) groups is 1. The van der Waals surface area contributed by atoms with Crippen molar-refractivity contribution in [2.24, 2.45) is 5.73 Å². The summed E-state index contributed by atoms with van der Waals surface area (Å²) in [5.74, 6) is 0. The summed E-state index contributed by atoms with van der Waals surface area (Å²) < 4.78 is 0. The van der Waals surface area contributed by atoms with Crippen molar-refractivity contribution < 1.29 is 4.79 Å². The minimum atomic E-state index is -0.313. The van der Waals surface area contributed by atoms with Crippen LogP contribution in [0.3, 0.4) is 0 Å². The Bertz CT molecular complexity index is 188. The normalized spacial score (nSPS) is 22.4. The molecule has 0 aromatic carbocycles. The predicted octanol–water partition coefficient (Wildman–Crippen LogP) is 0.918. The number of amides is 2. The molecule has 0 saturated carbocycles. The van der Waals surface area contributed by atoms with Crippen molar-refractivity contribution in [3.8, 4) is 0 Å². The minimum Gasteiger partial charge on any atom is -0.351 e. The van der Waals surface area contributed by atoms with Crippen LogP contribution in [-0.4, -0.2) is 36.1 Å². The fourth-order valence-electron chi connectivity index (χ4n) is 1.87. The highest BCUT2D eigenvalue weighted by Crippen LogP contribution is 2.09. The molecular formula is C10H21N3O. The van der Waals surface area contributed by atoms with Crippen LogP contribution in [0.5, 0.6) is 0 Å². The Balaban J connectivity index is 2.41. The Morgan fingerprint density at radius 3 is 2.71 bits per heavy atom. The van der Waals surface area contributed by atoms with E-state index in [0.717, 1.165) is 19.5 Å². The number of nitrogens with zero attached hydrogens (tertiary/aromatic N) is 1. The van der Waals surface area contributed by atoms with E-state index in [0.29, 0.717) is 6.04 Å². The van der Waals surface area contributed by atoms with E-state index in [9.17, 15) is 4.79 Å². The largest absolute Gasteiger partial charge is 0.351 e. The molecule has 4 heteroatoms. The van der Waals surface area contributed by atoms with E-state index < -0.39 is 0 Å². The van der Waals surface area contributed by atoms with Gasteiger partial charge in [-0.15, -0.1) is 0 Å². The Labute approximate surface area is 85.8 Å². The minimum absolute atomic E-state index is 0.191. The molecule has 0 aliphatic carbocycles. The molecule has 0 aromatic rings. The van der Waals surface area contributed by atoms with Crippen molar-refractivity contribution in [3.63, 3.8) is 0 Å².